The van der Waals surface area contributed by atoms with Crippen LogP contribution in [0.2, 0.25) is 0 Å². The number of benzene rings is 2. The lowest BCUT2D eigenvalue weighted by Gasteiger charge is -2.12. The molecule has 0 bridgehead atoms. The van der Waals surface area contributed by atoms with Crippen LogP contribution in [0.1, 0.15) is 16.7 Å². The summed E-state index contributed by atoms with van der Waals surface area (Å²) < 4.78 is 39.5. The zero-order valence-electron chi connectivity index (χ0n) is 16.0. The number of carbonyl (C=O) groups excluding carboxylic acids is 1. The summed E-state index contributed by atoms with van der Waals surface area (Å²) in [6, 6.07) is 12.4. The zero-order chi connectivity index (χ0) is 20.5. The van der Waals surface area contributed by atoms with Gasteiger partial charge in [0.2, 0.25) is 0 Å². The fraction of sp³-hybridized carbons (Fsp3) is 0.286. The first kappa shape index (κ1) is 21.2. The monoisotopic (exact) mass is 391 g/mol. The number of hydrogen-bond donors (Lipinski definition) is 1. The van der Waals surface area contributed by atoms with Crippen molar-refractivity contribution in [1.29, 1.82) is 0 Å². The Kier molecular flexibility index (Phi) is 7.80. The number of amides is 1. The van der Waals surface area contributed by atoms with Crippen molar-refractivity contribution in [1.82, 2.24) is 5.32 Å². The summed E-state index contributed by atoms with van der Waals surface area (Å²) in [4.78, 5) is 12.5. The van der Waals surface area contributed by atoms with E-state index in [9.17, 15) is 13.6 Å². The van der Waals surface area contributed by atoms with Crippen LogP contribution < -0.4 is 14.8 Å². The van der Waals surface area contributed by atoms with Crippen LogP contribution in [0.25, 0.3) is 5.57 Å². The second-order valence-electron chi connectivity index (χ2n) is 5.99. The lowest BCUT2D eigenvalue weighted by Crippen LogP contribution is -2.27. The molecular weight excluding hydrogens is 368 g/mol. The third-order valence-electron chi connectivity index (χ3n) is 4.04. The summed E-state index contributed by atoms with van der Waals surface area (Å²) in [6.07, 6.45) is 1.32. The first-order chi connectivity index (χ1) is 13.4. The molecule has 0 atom stereocenters. The number of carbonyl (C=O) groups is 1. The normalized spacial score (nSPS) is 11.3. The molecule has 150 valence electrons. The zero-order valence-corrected chi connectivity index (χ0v) is 16.0. The average Bonchev–Trinajstić information content (AvgIpc) is 2.69. The Morgan fingerprint density at radius 1 is 1.07 bits per heavy atom. The Labute approximate surface area is 162 Å². The highest BCUT2D eigenvalue weighted by Gasteiger charge is 2.14. The number of ether oxygens (including phenoxy) is 3. The molecule has 2 aromatic carbocycles. The van der Waals surface area contributed by atoms with Gasteiger partial charge in [-0.05, 0) is 36.6 Å². The molecule has 0 saturated carbocycles. The molecule has 5 nitrogen and oxygen atoms in total. The van der Waals surface area contributed by atoms with E-state index >= 15 is 0 Å². The molecule has 0 radical (unpaired) electrons. The van der Waals surface area contributed by atoms with Gasteiger partial charge in [-0.2, -0.15) is 8.78 Å². The first-order valence-corrected chi connectivity index (χ1v) is 8.64. The van der Waals surface area contributed by atoms with Gasteiger partial charge in [-0.25, -0.2) is 0 Å². The standard InChI is InChI=1S/C21H23F2NO4/c1-14-4-7-16(8-5-14)17(13-28-21(22)23)20(25)24-11-10-15-6-9-18(26-2)19(12-15)27-3/h4-9,12-13,21H,10-11H2,1-3H3,(H,24,25). The highest BCUT2D eigenvalue weighted by Crippen LogP contribution is 2.27. The van der Waals surface area contributed by atoms with E-state index in [4.69, 9.17) is 9.47 Å². The topological polar surface area (TPSA) is 56.8 Å². The predicted octanol–water partition coefficient (Wildman–Crippen LogP) is 3.95. The first-order valence-electron chi connectivity index (χ1n) is 8.64. The second kappa shape index (κ2) is 10.3. The third kappa shape index (κ3) is 5.97. The van der Waals surface area contributed by atoms with Gasteiger partial charge < -0.3 is 19.5 Å². The lowest BCUT2D eigenvalue weighted by molar-refractivity contribution is -0.116. The van der Waals surface area contributed by atoms with Crippen LogP contribution in [0.3, 0.4) is 0 Å². The molecule has 0 aliphatic heterocycles. The molecular formula is C21H23F2NO4. The highest BCUT2D eigenvalue weighted by atomic mass is 19.3. The van der Waals surface area contributed by atoms with Crippen LogP contribution in [0.15, 0.2) is 48.7 Å². The molecule has 0 aliphatic rings. The number of halogens is 2. The van der Waals surface area contributed by atoms with Gasteiger partial charge in [-0.15, -0.1) is 0 Å². The largest absolute Gasteiger partial charge is 0.493 e. The van der Waals surface area contributed by atoms with E-state index in [2.05, 4.69) is 10.1 Å². The number of hydrogen-bond acceptors (Lipinski definition) is 4. The van der Waals surface area contributed by atoms with E-state index in [1.807, 2.05) is 19.1 Å². The van der Waals surface area contributed by atoms with Crippen LogP contribution in [0, 0.1) is 6.92 Å². The molecule has 28 heavy (non-hydrogen) atoms. The molecule has 0 saturated heterocycles. The van der Waals surface area contributed by atoms with E-state index in [1.54, 1.807) is 44.6 Å². The van der Waals surface area contributed by atoms with Crippen LogP contribution in [-0.4, -0.2) is 33.3 Å². The molecule has 0 unspecified atom stereocenters. The molecule has 1 amide bonds. The maximum Gasteiger partial charge on any atom is 0.386 e. The Bertz CT molecular complexity index is 820. The van der Waals surface area contributed by atoms with Crippen LogP contribution in [0.5, 0.6) is 11.5 Å². The maximum absolute atomic E-state index is 12.5. The summed E-state index contributed by atoms with van der Waals surface area (Å²) in [5, 5.41) is 2.73. The van der Waals surface area contributed by atoms with Gasteiger partial charge in [-0.1, -0.05) is 35.9 Å². The van der Waals surface area contributed by atoms with Gasteiger partial charge in [-0.3, -0.25) is 4.79 Å². The van der Waals surface area contributed by atoms with Gasteiger partial charge in [0.15, 0.2) is 11.5 Å². The van der Waals surface area contributed by atoms with Crippen LogP contribution >= 0.6 is 0 Å². The predicted molar refractivity (Wildman–Crippen MR) is 103 cm³/mol. The van der Waals surface area contributed by atoms with Crippen molar-refractivity contribution in [2.45, 2.75) is 20.0 Å². The minimum absolute atomic E-state index is 0.0348. The number of methoxy groups -OCH3 is 2. The van der Waals surface area contributed by atoms with Crippen molar-refractivity contribution in [3.05, 3.63) is 65.4 Å². The smallest absolute Gasteiger partial charge is 0.386 e. The molecule has 0 spiro atoms. The van der Waals surface area contributed by atoms with E-state index in [-0.39, 0.29) is 5.57 Å². The van der Waals surface area contributed by atoms with Crippen molar-refractivity contribution in [3.63, 3.8) is 0 Å². The highest BCUT2D eigenvalue weighted by molar-refractivity contribution is 6.19. The fourth-order valence-electron chi connectivity index (χ4n) is 2.56. The van der Waals surface area contributed by atoms with Gasteiger partial charge in [0.05, 0.1) is 19.8 Å². The fourth-order valence-corrected chi connectivity index (χ4v) is 2.56. The number of nitrogens with one attached hydrogen (secondary N) is 1. The molecule has 1 N–H and O–H groups in total. The van der Waals surface area contributed by atoms with Gasteiger partial charge in [0.25, 0.3) is 5.91 Å². The molecule has 2 rings (SSSR count). The molecule has 0 aliphatic carbocycles. The van der Waals surface area contributed by atoms with Crippen LogP contribution in [-0.2, 0) is 16.0 Å². The number of aryl methyl sites for hydroxylation is 1. The van der Waals surface area contributed by atoms with Crippen molar-refractivity contribution in [2.24, 2.45) is 0 Å². The van der Waals surface area contributed by atoms with Gasteiger partial charge >= 0.3 is 6.61 Å². The maximum atomic E-state index is 12.5. The van der Waals surface area contributed by atoms with E-state index in [1.165, 1.54) is 0 Å². The Morgan fingerprint density at radius 3 is 2.36 bits per heavy atom. The van der Waals surface area contributed by atoms with Gasteiger partial charge in [0, 0.05) is 6.54 Å². The summed E-state index contributed by atoms with van der Waals surface area (Å²) in [6.45, 7) is -0.793. The number of alkyl halides is 2. The summed E-state index contributed by atoms with van der Waals surface area (Å²) in [5.41, 5.74) is 2.46. The Morgan fingerprint density at radius 2 is 1.75 bits per heavy atom. The third-order valence-corrected chi connectivity index (χ3v) is 4.04. The molecule has 0 heterocycles. The molecule has 0 fully saturated rings. The van der Waals surface area contributed by atoms with Gasteiger partial charge in [0.1, 0.15) is 6.26 Å². The van der Waals surface area contributed by atoms with E-state index in [0.717, 1.165) is 17.4 Å². The molecule has 7 heteroatoms. The van der Waals surface area contributed by atoms with Crippen molar-refractivity contribution >= 4 is 11.5 Å². The Balaban J connectivity index is 2.05. The van der Waals surface area contributed by atoms with Crippen molar-refractivity contribution in [2.75, 3.05) is 20.8 Å². The minimum Gasteiger partial charge on any atom is -0.493 e. The Hall–Kier alpha value is -3.09. The summed E-state index contributed by atoms with van der Waals surface area (Å²) in [7, 11) is 3.10. The average molecular weight is 391 g/mol. The van der Waals surface area contributed by atoms with Crippen LogP contribution in [0.4, 0.5) is 8.78 Å². The van der Waals surface area contributed by atoms with E-state index in [0.29, 0.717) is 30.0 Å². The van der Waals surface area contributed by atoms with Crippen molar-refractivity contribution in [3.8, 4) is 11.5 Å². The quantitative estimate of drug-likeness (QED) is 0.519. The summed E-state index contributed by atoms with van der Waals surface area (Å²) in [5.74, 6) is 0.714. The SMILES string of the molecule is COc1ccc(CCNC(=O)C(=COC(F)F)c2ccc(C)cc2)cc1OC. The molecule has 0 aromatic heterocycles. The second-order valence-corrected chi connectivity index (χ2v) is 5.99. The summed E-state index contributed by atoms with van der Waals surface area (Å²) >= 11 is 0. The minimum atomic E-state index is -3.00. The number of rotatable bonds is 9. The lowest BCUT2D eigenvalue weighted by atomic mass is 10.0. The van der Waals surface area contributed by atoms with Crippen molar-refractivity contribution < 1.29 is 27.8 Å². The van der Waals surface area contributed by atoms with E-state index < -0.39 is 12.5 Å². The molecule has 2 aromatic rings.